The third kappa shape index (κ3) is 4.47. The van der Waals surface area contributed by atoms with E-state index in [1.165, 1.54) is 11.1 Å². The summed E-state index contributed by atoms with van der Waals surface area (Å²) in [5.74, 6) is 0.551. The number of hydrogen-bond acceptors (Lipinski definition) is 1. The van der Waals surface area contributed by atoms with E-state index in [4.69, 9.17) is 28.9 Å². The van der Waals surface area contributed by atoms with E-state index in [9.17, 15) is 0 Å². The van der Waals surface area contributed by atoms with Gasteiger partial charge >= 0.3 is 0 Å². The number of rotatable bonds is 5. The molecule has 3 heteroatoms. The molecule has 0 aliphatic carbocycles. The fraction of sp³-hybridized carbons (Fsp3) is 0.333. The molecule has 0 heterocycles. The van der Waals surface area contributed by atoms with Crippen LogP contribution in [0, 0.1) is 0 Å². The van der Waals surface area contributed by atoms with Crippen LogP contribution in [0.2, 0.25) is 10.0 Å². The molecule has 2 aromatic rings. The highest BCUT2D eigenvalue weighted by atomic mass is 35.5. The van der Waals surface area contributed by atoms with Crippen LogP contribution in [0.3, 0.4) is 0 Å². The van der Waals surface area contributed by atoms with Gasteiger partial charge in [-0.05, 0) is 47.6 Å². The maximum atomic E-state index is 6.26. The Balaban J connectivity index is 2.03. The Morgan fingerprint density at radius 2 is 1.48 bits per heavy atom. The maximum Gasteiger partial charge on any atom is 0.0453 e. The first-order valence-electron chi connectivity index (χ1n) is 7.24. The van der Waals surface area contributed by atoms with Crippen molar-refractivity contribution in [3.63, 3.8) is 0 Å². The smallest absolute Gasteiger partial charge is 0.0453 e. The zero-order valence-corrected chi connectivity index (χ0v) is 14.0. The van der Waals surface area contributed by atoms with Gasteiger partial charge in [0.25, 0.3) is 0 Å². The van der Waals surface area contributed by atoms with Crippen molar-refractivity contribution in [3.8, 4) is 0 Å². The molecular formula is C18H21Cl2N. The van der Waals surface area contributed by atoms with E-state index >= 15 is 0 Å². The third-order valence-electron chi connectivity index (χ3n) is 3.67. The molecule has 2 N–H and O–H groups in total. The Morgan fingerprint density at radius 3 is 2.00 bits per heavy atom. The lowest BCUT2D eigenvalue weighted by Crippen LogP contribution is -2.25. The second-order valence-corrected chi connectivity index (χ2v) is 6.58. The van der Waals surface area contributed by atoms with Gasteiger partial charge < -0.3 is 5.73 Å². The summed E-state index contributed by atoms with van der Waals surface area (Å²) in [4.78, 5) is 0. The minimum absolute atomic E-state index is 0.00676. The van der Waals surface area contributed by atoms with Gasteiger partial charge in [0, 0.05) is 16.1 Å². The molecule has 0 aliphatic rings. The van der Waals surface area contributed by atoms with Gasteiger partial charge in [0.15, 0.2) is 0 Å². The molecule has 2 aromatic carbocycles. The largest absolute Gasteiger partial charge is 0.327 e. The van der Waals surface area contributed by atoms with Crippen LogP contribution in [0.1, 0.15) is 36.5 Å². The van der Waals surface area contributed by atoms with Crippen molar-refractivity contribution in [1.82, 2.24) is 0 Å². The summed E-state index contributed by atoms with van der Waals surface area (Å²) >= 11 is 12.4. The van der Waals surface area contributed by atoms with Gasteiger partial charge in [-0.25, -0.2) is 0 Å². The fourth-order valence-corrected chi connectivity index (χ4v) is 2.95. The van der Waals surface area contributed by atoms with Crippen molar-refractivity contribution in [1.29, 1.82) is 0 Å². The van der Waals surface area contributed by atoms with Crippen LogP contribution in [0.4, 0.5) is 0 Å². The third-order valence-corrected chi connectivity index (χ3v) is 4.38. The lowest BCUT2D eigenvalue weighted by Gasteiger charge is -2.15. The zero-order chi connectivity index (χ0) is 15.4. The van der Waals surface area contributed by atoms with Gasteiger partial charge in [-0.3, -0.25) is 0 Å². The molecule has 112 valence electrons. The van der Waals surface area contributed by atoms with E-state index in [0.29, 0.717) is 22.4 Å². The molecule has 0 radical (unpaired) electrons. The maximum absolute atomic E-state index is 6.26. The van der Waals surface area contributed by atoms with E-state index in [1.54, 1.807) is 0 Å². The van der Waals surface area contributed by atoms with Crippen LogP contribution in [0.15, 0.2) is 42.5 Å². The molecule has 0 spiro atoms. The minimum Gasteiger partial charge on any atom is -0.327 e. The Morgan fingerprint density at radius 1 is 0.905 bits per heavy atom. The van der Waals surface area contributed by atoms with Gasteiger partial charge in [0.1, 0.15) is 0 Å². The highest BCUT2D eigenvalue weighted by molar-refractivity contribution is 6.36. The molecule has 0 saturated heterocycles. The molecule has 0 fully saturated rings. The standard InChI is InChI=1S/C18H21Cl2N/c1-12(2)14-8-6-13(7-9-14)10-15(21)11-16-17(19)4-3-5-18(16)20/h3-9,12,15H,10-11,21H2,1-2H3. The average molecular weight is 322 g/mol. The highest BCUT2D eigenvalue weighted by Crippen LogP contribution is 2.26. The summed E-state index contributed by atoms with van der Waals surface area (Å²) in [6.45, 7) is 4.39. The molecule has 1 nitrogen and oxygen atoms in total. The van der Waals surface area contributed by atoms with E-state index in [0.717, 1.165) is 12.0 Å². The summed E-state index contributed by atoms with van der Waals surface area (Å²) in [7, 11) is 0. The van der Waals surface area contributed by atoms with Gasteiger partial charge in [-0.2, -0.15) is 0 Å². The number of halogens is 2. The Bertz CT molecular complexity index is 570. The van der Waals surface area contributed by atoms with E-state index in [2.05, 4.69) is 38.1 Å². The molecular weight excluding hydrogens is 301 g/mol. The molecule has 0 saturated carbocycles. The fourth-order valence-electron chi connectivity index (χ4n) is 2.40. The molecule has 0 amide bonds. The molecule has 0 aliphatic heterocycles. The van der Waals surface area contributed by atoms with Crippen molar-refractivity contribution in [3.05, 3.63) is 69.2 Å². The van der Waals surface area contributed by atoms with Crippen molar-refractivity contribution in [2.24, 2.45) is 5.73 Å². The first kappa shape index (κ1) is 16.4. The topological polar surface area (TPSA) is 26.0 Å². The van der Waals surface area contributed by atoms with Gasteiger partial charge in [-0.15, -0.1) is 0 Å². The monoisotopic (exact) mass is 321 g/mol. The predicted octanol–water partition coefficient (Wildman–Crippen LogP) is 5.23. The average Bonchev–Trinajstić information content (AvgIpc) is 2.43. The minimum atomic E-state index is 0.00676. The van der Waals surface area contributed by atoms with Crippen LogP contribution in [-0.2, 0) is 12.8 Å². The molecule has 21 heavy (non-hydrogen) atoms. The quantitative estimate of drug-likeness (QED) is 0.801. The van der Waals surface area contributed by atoms with E-state index < -0.39 is 0 Å². The second kappa shape index (κ2) is 7.31. The molecule has 2 rings (SSSR count). The predicted molar refractivity (Wildman–Crippen MR) is 92.4 cm³/mol. The first-order chi connectivity index (χ1) is 9.97. The second-order valence-electron chi connectivity index (χ2n) is 5.76. The van der Waals surface area contributed by atoms with E-state index in [1.807, 2.05) is 18.2 Å². The van der Waals surface area contributed by atoms with E-state index in [-0.39, 0.29) is 6.04 Å². The van der Waals surface area contributed by atoms with Gasteiger partial charge in [0.2, 0.25) is 0 Å². The number of benzene rings is 2. The van der Waals surface area contributed by atoms with Gasteiger partial charge in [0.05, 0.1) is 0 Å². The summed E-state index contributed by atoms with van der Waals surface area (Å²) in [6.07, 6.45) is 1.50. The summed E-state index contributed by atoms with van der Waals surface area (Å²) in [5, 5.41) is 1.38. The molecule has 1 atom stereocenters. The summed E-state index contributed by atoms with van der Waals surface area (Å²) in [5.41, 5.74) is 9.79. The van der Waals surface area contributed by atoms with Crippen molar-refractivity contribution in [2.75, 3.05) is 0 Å². The summed E-state index contributed by atoms with van der Waals surface area (Å²) < 4.78 is 0. The lowest BCUT2D eigenvalue weighted by atomic mass is 9.97. The lowest BCUT2D eigenvalue weighted by molar-refractivity contribution is 0.664. The van der Waals surface area contributed by atoms with Crippen molar-refractivity contribution >= 4 is 23.2 Å². The molecule has 0 bridgehead atoms. The first-order valence-corrected chi connectivity index (χ1v) is 8.00. The normalized spacial score (nSPS) is 12.7. The van der Waals surface area contributed by atoms with Crippen molar-refractivity contribution in [2.45, 2.75) is 38.6 Å². The van der Waals surface area contributed by atoms with Crippen LogP contribution in [0.5, 0.6) is 0 Å². The highest BCUT2D eigenvalue weighted by Gasteiger charge is 2.11. The van der Waals surface area contributed by atoms with Crippen LogP contribution >= 0.6 is 23.2 Å². The Kier molecular flexibility index (Phi) is 5.69. The van der Waals surface area contributed by atoms with Crippen LogP contribution in [0.25, 0.3) is 0 Å². The van der Waals surface area contributed by atoms with Crippen LogP contribution < -0.4 is 5.73 Å². The Hall–Kier alpha value is -1.02. The Labute approximate surface area is 137 Å². The zero-order valence-electron chi connectivity index (χ0n) is 12.4. The number of nitrogens with two attached hydrogens (primary N) is 1. The van der Waals surface area contributed by atoms with Crippen molar-refractivity contribution < 1.29 is 0 Å². The van der Waals surface area contributed by atoms with Crippen LogP contribution in [-0.4, -0.2) is 6.04 Å². The molecule has 0 aromatic heterocycles. The number of hydrogen-bond donors (Lipinski definition) is 1. The van der Waals surface area contributed by atoms with Gasteiger partial charge in [-0.1, -0.05) is 67.4 Å². The molecule has 1 unspecified atom stereocenters. The summed E-state index contributed by atoms with van der Waals surface area (Å²) in [6, 6.07) is 14.2. The SMILES string of the molecule is CC(C)c1ccc(CC(N)Cc2c(Cl)cccc2Cl)cc1.